The molecule has 2 aromatic rings. The third-order valence-electron chi connectivity index (χ3n) is 3.68. The van der Waals surface area contributed by atoms with Crippen LogP contribution in [0, 0.1) is 5.82 Å². The van der Waals surface area contributed by atoms with Crippen LogP contribution in [0.1, 0.15) is 10.4 Å². The molecule has 0 heterocycles. The molecule has 0 aromatic heterocycles. The summed E-state index contributed by atoms with van der Waals surface area (Å²) in [4.78, 5) is 47.6. The lowest BCUT2D eigenvalue weighted by Gasteiger charge is -2.17. The number of amides is 2. The second-order valence-corrected chi connectivity index (χ2v) is 5.91. The van der Waals surface area contributed by atoms with E-state index in [1.54, 1.807) is 12.1 Å². The van der Waals surface area contributed by atoms with Crippen molar-refractivity contribution in [1.82, 2.24) is 4.90 Å². The van der Waals surface area contributed by atoms with E-state index in [1.165, 1.54) is 43.4 Å². The molecule has 1 N–H and O–H groups in total. The first-order chi connectivity index (χ1) is 13.9. The molecule has 152 valence electrons. The molecule has 0 spiro atoms. The molecule has 8 nitrogen and oxygen atoms in total. The van der Waals surface area contributed by atoms with Crippen molar-refractivity contribution in [3.8, 4) is 5.75 Å². The third kappa shape index (κ3) is 7.06. The molecule has 0 aliphatic rings. The number of halogens is 1. The summed E-state index contributed by atoms with van der Waals surface area (Å²) in [7, 11) is 1.37. The van der Waals surface area contributed by atoms with E-state index in [2.05, 4.69) is 5.32 Å². The van der Waals surface area contributed by atoms with Crippen LogP contribution in [0.25, 0.3) is 0 Å². The van der Waals surface area contributed by atoms with Crippen molar-refractivity contribution in [3.05, 3.63) is 59.9 Å². The Morgan fingerprint density at radius 2 is 1.76 bits per heavy atom. The van der Waals surface area contributed by atoms with Gasteiger partial charge in [-0.05, 0) is 36.4 Å². The van der Waals surface area contributed by atoms with Crippen molar-refractivity contribution in [3.63, 3.8) is 0 Å². The van der Waals surface area contributed by atoms with Crippen LogP contribution in [0.4, 0.5) is 10.1 Å². The van der Waals surface area contributed by atoms with Gasteiger partial charge in [0.05, 0.1) is 12.1 Å². The number of likely N-dealkylation sites (N-methyl/N-ethyl adjacent to an activating group) is 1. The van der Waals surface area contributed by atoms with Gasteiger partial charge in [0.1, 0.15) is 11.6 Å². The fourth-order valence-corrected chi connectivity index (χ4v) is 2.18. The number of para-hydroxylation sites is 1. The van der Waals surface area contributed by atoms with Gasteiger partial charge < -0.3 is 19.7 Å². The highest BCUT2D eigenvalue weighted by atomic mass is 19.1. The summed E-state index contributed by atoms with van der Waals surface area (Å²) < 4.78 is 22.9. The van der Waals surface area contributed by atoms with Crippen molar-refractivity contribution in [2.75, 3.05) is 32.1 Å². The molecule has 0 atom stereocenters. The Morgan fingerprint density at radius 1 is 1.07 bits per heavy atom. The first-order valence-corrected chi connectivity index (χ1v) is 8.51. The first kappa shape index (κ1) is 21.5. The molecule has 9 heteroatoms. The maximum atomic E-state index is 12.8. The van der Waals surface area contributed by atoms with Gasteiger partial charge in [-0.3, -0.25) is 14.4 Å². The highest BCUT2D eigenvalue weighted by Crippen LogP contribution is 2.15. The van der Waals surface area contributed by atoms with Gasteiger partial charge in [-0.15, -0.1) is 0 Å². The number of carbonyl (C=O) groups excluding carboxylic acids is 4. The number of carbonyl (C=O) groups is 4. The summed E-state index contributed by atoms with van der Waals surface area (Å²) in [5.41, 5.74) is 0.666. The lowest BCUT2D eigenvalue weighted by Crippen LogP contribution is -2.37. The number of anilines is 1. The molecular formula is C20H19FN2O6. The first-order valence-electron chi connectivity index (χ1n) is 8.51. The van der Waals surface area contributed by atoms with Gasteiger partial charge in [-0.25, -0.2) is 9.18 Å². The van der Waals surface area contributed by atoms with Crippen molar-refractivity contribution < 1.29 is 33.0 Å². The lowest BCUT2D eigenvalue weighted by atomic mass is 10.2. The summed E-state index contributed by atoms with van der Waals surface area (Å²) in [6.07, 6.45) is 0.593. The predicted molar refractivity (Wildman–Crippen MR) is 101 cm³/mol. The zero-order chi connectivity index (χ0) is 21.2. The van der Waals surface area contributed by atoms with Crippen LogP contribution in [0.2, 0.25) is 0 Å². The SMILES string of the molecule is CN(CC(=O)Nc1ccc(F)cc1)C(=O)COC(=O)COc1ccccc1C=O. The Bertz CT molecular complexity index is 885. The van der Waals surface area contributed by atoms with Crippen molar-refractivity contribution in [2.24, 2.45) is 0 Å². The summed E-state index contributed by atoms with van der Waals surface area (Å²) in [5, 5.41) is 2.51. The summed E-state index contributed by atoms with van der Waals surface area (Å²) in [6, 6.07) is 11.5. The number of nitrogens with zero attached hydrogens (tertiary/aromatic N) is 1. The summed E-state index contributed by atoms with van der Waals surface area (Å²) in [6.45, 7) is -1.33. The Hall–Kier alpha value is -3.75. The van der Waals surface area contributed by atoms with Gasteiger partial charge >= 0.3 is 5.97 Å². The second kappa shape index (κ2) is 10.5. The van der Waals surface area contributed by atoms with Crippen LogP contribution < -0.4 is 10.1 Å². The number of nitrogens with one attached hydrogen (secondary N) is 1. The van der Waals surface area contributed by atoms with E-state index in [0.29, 0.717) is 12.0 Å². The molecule has 0 radical (unpaired) electrons. The minimum absolute atomic E-state index is 0.223. The molecule has 0 aliphatic heterocycles. The van der Waals surface area contributed by atoms with E-state index in [9.17, 15) is 23.6 Å². The molecule has 2 rings (SSSR count). The molecule has 0 saturated heterocycles. The number of hydrogen-bond donors (Lipinski definition) is 1. The largest absolute Gasteiger partial charge is 0.481 e. The number of esters is 1. The monoisotopic (exact) mass is 402 g/mol. The van der Waals surface area contributed by atoms with E-state index < -0.39 is 36.8 Å². The van der Waals surface area contributed by atoms with Crippen LogP contribution in [0.5, 0.6) is 5.75 Å². The molecule has 2 amide bonds. The number of benzene rings is 2. The molecule has 0 saturated carbocycles. The molecule has 0 aliphatic carbocycles. The maximum absolute atomic E-state index is 12.8. The topological polar surface area (TPSA) is 102 Å². The quantitative estimate of drug-likeness (QED) is 0.506. The van der Waals surface area contributed by atoms with Gasteiger partial charge in [-0.1, -0.05) is 12.1 Å². The Balaban J connectivity index is 1.73. The van der Waals surface area contributed by atoms with Gasteiger partial charge in [0.15, 0.2) is 19.5 Å². The van der Waals surface area contributed by atoms with E-state index in [1.807, 2.05) is 0 Å². The van der Waals surface area contributed by atoms with Crippen molar-refractivity contribution in [1.29, 1.82) is 0 Å². The Morgan fingerprint density at radius 3 is 2.45 bits per heavy atom. The van der Waals surface area contributed by atoms with Gasteiger partial charge in [-0.2, -0.15) is 0 Å². The van der Waals surface area contributed by atoms with Crippen molar-refractivity contribution >= 4 is 29.8 Å². The highest BCUT2D eigenvalue weighted by Gasteiger charge is 2.16. The van der Waals surface area contributed by atoms with Crippen LogP contribution >= 0.6 is 0 Å². The van der Waals surface area contributed by atoms with Crippen LogP contribution in [0.15, 0.2) is 48.5 Å². The standard InChI is InChI=1S/C20H19FN2O6/c1-23(10-18(25)22-16-8-6-15(21)7-9-16)19(26)12-29-20(27)13-28-17-5-3-2-4-14(17)11-24/h2-9,11H,10,12-13H2,1H3,(H,22,25). The van der Waals surface area contributed by atoms with Gasteiger partial charge in [0.2, 0.25) is 5.91 Å². The third-order valence-corrected chi connectivity index (χ3v) is 3.68. The van der Waals surface area contributed by atoms with E-state index in [-0.39, 0.29) is 17.9 Å². The molecule has 0 fully saturated rings. The van der Waals surface area contributed by atoms with Crippen LogP contribution in [0.3, 0.4) is 0 Å². The smallest absolute Gasteiger partial charge is 0.344 e. The highest BCUT2D eigenvalue weighted by molar-refractivity contribution is 5.94. The minimum Gasteiger partial charge on any atom is -0.481 e. The number of rotatable bonds is 9. The zero-order valence-electron chi connectivity index (χ0n) is 15.6. The van der Waals surface area contributed by atoms with Crippen LogP contribution in [-0.4, -0.2) is 55.8 Å². The lowest BCUT2D eigenvalue weighted by molar-refractivity contribution is -0.153. The average Bonchev–Trinajstić information content (AvgIpc) is 2.72. The van der Waals surface area contributed by atoms with E-state index in [4.69, 9.17) is 9.47 Å². The number of ether oxygens (including phenoxy) is 2. The normalized spacial score (nSPS) is 10.0. The van der Waals surface area contributed by atoms with E-state index >= 15 is 0 Å². The average molecular weight is 402 g/mol. The zero-order valence-corrected chi connectivity index (χ0v) is 15.6. The predicted octanol–water partition coefficient (Wildman–Crippen LogP) is 1.66. The summed E-state index contributed by atoms with van der Waals surface area (Å²) >= 11 is 0. The van der Waals surface area contributed by atoms with E-state index in [0.717, 1.165) is 4.90 Å². The summed E-state index contributed by atoms with van der Waals surface area (Å²) in [5.74, 6) is -2.10. The second-order valence-electron chi connectivity index (χ2n) is 5.91. The van der Waals surface area contributed by atoms with Gasteiger partial charge in [0, 0.05) is 12.7 Å². The molecular weight excluding hydrogens is 383 g/mol. The maximum Gasteiger partial charge on any atom is 0.344 e. The molecule has 0 bridgehead atoms. The minimum atomic E-state index is -0.803. The molecule has 2 aromatic carbocycles. The molecule has 0 unspecified atom stereocenters. The Kier molecular flexibility index (Phi) is 7.84. The number of aldehydes is 1. The van der Waals surface area contributed by atoms with Crippen molar-refractivity contribution in [2.45, 2.75) is 0 Å². The van der Waals surface area contributed by atoms with Crippen LogP contribution in [-0.2, 0) is 19.1 Å². The van der Waals surface area contributed by atoms with Gasteiger partial charge in [0.25, 0.3) is 5.91 Å². The fourth-order valence-electron chi connectivity index (χ4n) is 2.18. The molecule has 29 heavy (non-hydrogen) atoms. The Labute approximate surface area is 166 Å². The fraction of sp³-hybridized carbons (Fsp3) is 0.200. The number of hydrogen-bond acceptors (Lipinski definition) is 6.